The third-order valence-corrected chi connectivity index (χ3v) is 11.6. The minimum atomic E-state index is -0.0823. The number of hydrogen-bond acceptors (Lipinski definition) is 1. The first-order chi connectivity index (χ1) is 14.1. The van der Waals surface area contributed by atoms with E-state index in [0.717, 1.165) is 60.2 Å². The van der Waals surface area contributed by atoms with Gasteiger partial charge in [0.1, 0.15) is 0 Å². The summed E-state index contributed by atoms with van der Waals surface area (Å²) in [6.45, 7) is 17.7. The molecule has 4 aliphatic rings. The standard InChI is InChI=1S/C29H50O/c1-18(2)19(3)16-20(4)21(5)25-10-11-26-24-9-8-22-17-23(30)12-14-28(22,6)27(24)13-15-29(25,26)7/h8,18-21,23-27,30H,9-17H2,1-7H3/t19-,20-,21-,23+,24+,25-,26+,27+,28+,29-/m1/s1. The van der Waals surface area contributed by atoms with Gasteiger partial charge in [0.05, 0.1) is 6.10 Å². The Labute approximate surface area is 187 Å². The Hall–Kier alpha value is -0.300. The molecular weight excluding hydrogens is 364 g/mol. The predicted molar refractivity (Wildman–Crippen MR) is 128 cm³/mol. The lowest BCUT2D eigenvalue weighted by Crippen LogP contribution is -2.51. The van der Waals surface area contributed by atoms with E-state index in [0.29, 0.717) is 10.8 Å². The summed E-state index contributed by atoms with van der Waals surface area (Å²) in [5, 5.41) is 10.3. The molecule has 10 atom stereocenters. The van der Waals surface area contributed by atoms with E-state index in [2.05, 4.69) is 54.5 Å². The second-order valence-corrected chi connectivity index (χ2v) is 13.2. The minimum Gasteiger partial charge on any atom is -0.393 e. The molecule has 0 aromatic heterocycles. The molecular formula is C29H50O. The van der Waals surface area contributed by atoms with E-state index < -0.39 is 0 Å². The highest BCUT2D eigenvalue weighted by atomic mass is 16.3. The molecule has 3 saturated carbocycles. The van der Waals surface area contributed by atoms with E-state index in [-0.39, 0.29) is 6.10 Å². The van der Waals surface area contributed by atoms with Gasteiger partial charge in [-0.2, -0.15) is 0 Å². The fraction of sp³-hybridized carbons (Fsp3) is 0.931. The molecule has 4 rings (SSSR count). The zero-order valence-electron chi connectivity index (χ0n) is 21.1. The van der Waals surface area contributed by atoms with Crippen molar-refractivity contribution in [1.82, 2.24) is 0 Å². The van der Waals surface area contributed by atoms with Crippen LogP contribution in [0.3, 0.4) is 0 Å². The maximum Gasteiger partial charge on any atom is 0.0577 e. The van der Waals surface area contributed by atoms with E-state index in [1.165, 1.54) is 44.9 Å². The maximum atomic E-state index is 10.3. The molecule has 172 valence electrons. The zero-order valence-corrected chi connectivity index (χ0v) is 21.1. The van der Waals surface area contributed by atoms with Gasteiger partial charge in [-0.1, -0.05) is 60.1 Å². The van der Waals surface area contributed by atoms with Crippen molar-refractivity contribution in [2.45, 2.75) is 112 Å². The van der Waals surface area contributed by atoms with Gasteiger partial charge in [0.25, 0.3) is 0 Å². The third-order valence-electron chi connectivity index (χ3n) is 11.6. The minimum absolute atomic E-state index is 0.0823. The highest BCUT2D eigenvalue weighted by Crippen LogP contribution is 2.67. The zero-order chi connectivity index (χ0) is 21.8. The van der Waals surface area contributed by atoms with Gasteiger partial charge in [-0.05, 0) is 116 Å². The summed E-state index contributed by atoms with van der Waals surface area (Å²) in [7, 11) is 0. The molecule has 0 spiro atoms. The van der Waals surface area contributed by atoms with Crippen LogP contribution in [-0.4, -0.2) is 11.2 Å². The van der Waals surface area contributed by atoms with Crippen molar-refractivity contribution in [2.24, 2.45) is 58.2 Å². The second kappa shape index (κ2) is 8.24. The fourth-order valence-corrected chi connectivity index (χ4v) is 9.02. The first-order valence-electron chi connectivity index (χ1n) is 13.5. The number of aliphatic hydroxyl groups is 1. The molecule has 0 radical (unpaired) electrons. The molecule has 0 saturated heterocycles. The molecule has 30 heavy (non-hydrogen) atoms. The molecule has 0 aliphatic heterocycles. The van der Waals surface area contributed by atoms with E-state index in [4.69, 9.17) is 0 Å². The topological polar surface area (TPSA) is 20.2 Å². The van der Waals surface area contributed by atoms with Crippen molar-refractivity contribution in [3.05, 3.63) is 11.6 Å². The number of allylic oxidation sites excluding steroid dienone is 1. The monoisotopic (exact) mass is 414 g/mol. The van der Waals surface area contributed by atoms with Gasteiger partial charge >= 0.3 is 0 Å². The average molecular weight is 415 g/mol. The van der Waals surface area contributed by atoms with E-state index >= 15 is 0 Å². The van der Waals surface area contributed by atoms with Gasteiger partial charge in [0, 0.05) is 0 Å². The molecule has 0 bridgehead atoms. The summed E-state index contributed by atoms with van der Waals surface area (Å²) in [6.07, 6.45) is 14.2. The lowest BCUT2D eigenvalue weighted by molar-refractivity contribution is -0.0608. The predicted octanol–water partition coefficient (Wildman–Crippen LogP) is 7.88. The molecule has 0 amide bonds. The largest absolute Gasteiger partial charge is 0.393 e. The van der Waals surface area contributed by atoms with Crippen molar-refractivity contribution in [3.63, 3.8) is 0 Å². The molecule has 3 fully saturated rings. The Morgan fingerprint density at radius 2 is 1.67 bits per heavy atom. The first kappa shape index (κ1) is 22.9. The molecule has 0 unspecified atom stereocenters. The molecule has 1 nitrogen and oxygen atoms in total. The van der Waals surface area contributed by atoms with Crippen LogP contribution < -0.4 is 0 Å². The van der Waals surface area contributed by atoms with Gasteiger partial charge in [0.2, 0.25) is 0 Å². The lowest BCUT2D eigenvalue weighted by atomic mass is 9.46. The maximum absolute atomic E-state index is 10.3. The van der Waals surface area contributed by atoms with Crippen molar-refractivity contribution >= 4 is 0 Å². The lowest BCUT2D eigenvalue weighted by Gasteiger charge is -2.58. The summed E-state index contributed by atoms with van der Waals surface area (Å²) < 4.78 is 0. The number of aliphatic hydroxyl groups excluding tert-OH is 1. The van der Waals surface area contributed by atoms with Crippen molar-refractivity contribution in [2.75, 3.05) is 0 Å². The Balaban J connectivity index is 1.51. The first-order valence-corrected chi connectivity index (χ1v) is 13.5. The normalized spacial score (nSPS) is 46.4. The fourth-order valence-electron chi connectivity index (χ4n) is 9.02. The van der Waals surface area contributed by atoms with E-state index in [1.54, 1.807) is 5.57 Å². The van der Waals surface area contributed by atoms with Crippen LogP contribution in [-0.2, 0) is 0 Å². The van der Waals surface area contributed by atoms with Crippen LogP contribution in [0.4, 0.5) is 0 Å². The molecule has 0 aromatic rings. The summed E-state index contributed by atoms with van der Waals surface area (Å²) in [6, 6.07) is 0. The van der Waals surface area contributed by atoms with Crippen molar-refractivity contribution in [3.8, 4) is 0 Å². The molecule has 0 heterocycles. The van der Waals surface area contributed by atoms with Crippen LogP contribution in [0.1, 0.15) is 106 Å². The Morgan fingerprint density at radius 1 is 0.933 bits per heavy atom. The number of rotatable bonds is 5. The number of fused-ring (bicyclic) bond motifs is 5. The number of hydrogen-bond donors (Lipinski definition) is 1. The molecule has 1 N–H and O–H groups in total. The Bertz CT molecular complexity index is 649. The smallest absolute Gasteiger partial charge is 0.0577 e. The van der Waals surface area contributed by atoms with Gasteiger partial charge < -0.3 is 5.11 Å². The van der Waals surface area contributed by atoms with Gasteiger partial charge in [-0.25, -0.2) is 0 Å². The van der Waals surface area contributed by atoms with Crippen LogP contribution in [0.2, 0.25) is 0 Å². The van der Waals surface area contributed by atoms with Gasteiger partial charge in [-0.3, -0.25) is 0 Å². The van der Waals surface area contributed by atoms with Crippen LogP contribution in [0.15, 0.2) is 11.6 Å². The molecule has 1 heteroatoms. The Kier molecular flexibility index (Phi) is 6.28. The van der Waals surface area contributed by atoms with Crippen LogP contribution in [0.5, 0.6) is 0 Å². The van der Waals surface area contributed by atoms with Crippen LogP contribution >= 0.6 is 0 Å². The molecule has 4 aliphatic carbocycles. The van der Waals surface area contributed by atoms with Crippen LogP contribution in [0.25, 0.3) is 0 Å². The summed E-state index contributed by atoms with van der Waals surface area (Å²) in [5.74, 6) is 6.96. The quantitative estimate of drug-likeness (QED) is 0.454. The summed E-state index contributed by atoms with van der Waals surface area (Å²) >= 11 is 0. The third kappa shape index (κ3) is 3.64. The SMILES string of the molecule is CC(C)[C@H](C)C[C@@H](C)[C@@H](C)[C@H]1CC[C@H]2[C@@H]3CC=C4C[C@@H](O)CC[C@]4(C)[C@H]3CC[C@]12C. The molecule has 0 aromatic carbocycles. The van der Waals surface area contributed by atoms with Gasteiger partial charge in [-0.15, -0.1) is 0 Å². The second-order valence-electron chi connectivity index (χ2n) is 13.2. The van der Waals surface area contributed by atoms with Crippen molar-refractivity contribution in [1.29, 1.82) is 0 Å². The summed E-state index contributed by atoms with van der Waals surface area (Å²) in [4.78, 5) is 0. The van der Waals surface area contributed by atoms with Gasteiger partial charge in [0.15, 0.2) is 0 Å². The highest BCUT2D eigenvalue weighted by molar-refractivity contribution is 5.25. The average Bonchev–Trinajstić information content (AvgIpc) is 3.04. The Morgan fingerprint density at radius 3 is 2.37 bits per heavy atom. The van der Waals surface area contributed by atoms with Crippen molar-refractivity contribution < 1.29 is 5.11 Å². The highest BCUT2D eigenvalue weighted by Gasteiger charge is 2.59. The van der Waals surface area contributed by atoms with Crippen LogP contribution in [0, 0.1) is 58.2 Å². The van der Waals surface area contributed by atoms with E-state index in [1.807, 2.05) is 0 Å². The van der Waals surface area contributed by atoms with E-state index in [9.17, 15) is 5.11 Å². The summed E-state index contributed by atoms with van der Waals surface area (Å²) in [5.41, 5.74) is 2.56.